The van der Waals surface area contributed by atoms with Crippen molar-refractivity contribution in [1.82, 2.24) is 0 Å². The van der Waals surface area contributed by atoms with Gasteiger partial charge in [0.05, 0.1) is 24.5 Å². The molecule has 0 aliphatic heterocycles. The van der Waals surface area contributed by atoms with Gasteiger partial charge in [0.15, 0.2) is 0 Å². The van der Waals surface area contributed by atoms with E-state index in [9.17, 15) is 14.9 Å². The van der Waals surface area contributed by atoms with Gasteiger partial charge < -0.3 is 4.74 Å². The van der Waals surface area contributed by atoms with Gasteiger partial charge in [-0.1, -0.05) is 24.6 Å². The second kappa shape index (κ2) is 9.81. The van der Waals surface area contributed by atoms with Crippen molar-refractivity contribution in [3.63, 3.8) is 0 Å². The summed E-state index contributed by atoms with van der Waals surface area (Å²) >= 11 is 11.4. The van der Waals surface area contributed by atoms with E-state index in [1.807, 2.05) is 0 Å². The minimum atomic E-state index is -0.640. The first-order valence-electron chi connectivity index (χ1n) is 7.12. The van der Waals surface area contributed by atoms with E-state index in [1.165, 1.54) is 6.07 Å². The van der Waals surface area contributed by atoms with E-state index in [4.69, 9.17) is 27.9 Å². The number of hydrogen-bond acceptors (Lipinski definition) is 4. The average Bonchev–Trinajstić information content (AvgIpc) is 2.46. The highest BCUT2D eigenvalue weighted by molar-refractivity contribution is 6.68. The molecule has 1 aromatic rings. The number of alkyl halides is 2. The maximum Gasteiger partial charge on any atom is 0.306 e. The Hall–Kier alpha value is -1.11. The summed E-state index contributed by atoms with van der Waals surface area (Å²) in [5.74, 6) is -0.347. The van der Waals surface area contributed by atoms with Crippen LogP contribution in [-0.2, 0) is 9.53 Å². The molecule has 1 atom stereocenters. The van der Waals surface area contributed by atoms with Crippen LogP contribution in [-0.4, -0.2) is 24.9 Å². The van der Waals surface area contributed by atoms with Crippen LogP contribution >= 0.6 is 23.2 Å². The van der Waals surface area contributed by atoms with E-state index in [1.54, 1.807) is 25.1 Å². The third-order valence-corrected chi connectivity index (χ3v) is 5.84. The molecule has 1 rings (SSSR count). The van der Waals surface area contributed by atoms with Gasteiger partial charge in [-0.15, -0.1) is 23.2 Å². The standard InChI is InChI=1S/C14H19Cl2NO4Si/c1-10(11-6-2-3-7-12(11)17(19)20)21-13(18)8-4-5-9-22-14(15)16/h2-3,6-7,10,14H,4-5,8-9,22H2,1H3. The number of nitrogens with zero attached hydrogens (tertiary/aromatic N) is 1. The molecular formula is C14H19Cl2NO4Si. The summed E-state index contributed by atoms with van der Waals surface area (Å²) in [6.45, 7) is 1.64. The summed E-state index contributed by atoms with van der Waals surface area (Å²) in [6.07, 6.45) is 1.28. The number of esters is 1. The molecule has 0 saturated heterocycles. The normalized spacial score (nSPS) is 12.7. The van der Waals surface area contributed by atoms with Gasteiger partial charge in [0.25, 0.3) is 5.69 Å². The number of nitro groups is 1. The van der Waals surface area contributed by atoms with Crippen LogP contribution in [0.1, 0.15) is 37.9 Å². The van der Waals surface area contributed by atoms with Crippen molar-refractivity contribution < 1.29 is 14.5 Å². The molecule has 1 aromatic carbocycles. The topological polar surface area (TPSA) is 69.4 Å². The van der Waals surface area contributed by atoms with Gasteiger partial charge in [0, 0.05) is 12.5 Å². The number of carbonyl (C=O) groups is 1. The number of halogens is 2. The second-order valence-electron chi connectivity index (χ2n) is 4.94. The largest absolute Gasteiger partial charge is 0.458 e. The number of carbonyl (C=O) groups excluding carboxylic acids is 1. The minimum absolute atomic E-state index is 0.0379. The number of unbranched alkanes of at least 4 members (excludes halogenated alkanes) is 1. The van der Waals surface area contributed by atoms with Crippen molar-refractivity contribution in [1.29, 1.82) is 0 Å². The van der Waals surface area contributed by atoms with E-state index < -0.39 is 20.5 Å². The average molecular weight is 364 g/mol. The Morgan fingerprint density at radius 2 is 2.05 bits per heavy atom. The smallest absolute Gasteiger partial charge is 0.306 e. The molecule has 0 aliphatic rings. The van der Waals surface area contributed by atoms with Crippen LogP contribution in [0.3, 0.4) is 0 Å². The number of nitro benzene ring substituents is 1. The summed E-state index contributed by atoms with van der Waals surface area (Å²) in [5.41, 5.74) is 0.365. The van der Waals surface area contributed by atoms with E-state index in [-0.39, 0.29) is 16.1 Å². The number of rotatable bonds is 9. The molecule has 8 heteroatoms. The predicted molar refractivity (Wildman–Crippen MR) is 90.3 cm³/mol. The lowest BCUT2D eigenvalue weighted by molar-refractivity contribution is -0.386. The summed E-state index contributed by atoms with van der Waals surface area (Å²) < 4.78 is 5.04. The Kier molecular flexibility index (Phi) is 8.45. The van der Waals surface area contributed by atoms with Crippen molar-refractivity contribution in [2.45, 2.75) is 42.8 Å². The number of benzene rings is 1. The van der Waals surface area contributed by atoms with Gasteiger partial charge in [-0.2, -0.15) is 0 Å². The molecule has 122 valence electrons. The molecule has 0 fully saturated rings. The van der Waals surface area contributed by atoms with Crippen LogP contribution in [0.5, 0.6) is 0 Å². The molecule has 0 saturated carbocycles. The third kappa shape index (κ3) is 6.77. The van der Waals surface area contributed by atoms with Crippen molar-refractivity contribution in [3.05, 3.63) is 39.9 Å². The maximum absolute atomic E-state index is 11.8. The summed E-state index contributed by atoms with van der Waals surface area (Å²) in [4.78, 5) is 22.3. The van der Waals surface area contributed by atoms with Gasteiger partial charge in [0.2, 0.25) is 0 Å². The van der Waals surface area contributed by atoms with Crippen LogP contribution in [0.25, 0.3) is 0 Å². The van der Waals surface area contributed by atoms with Crippen LogP contribution < -0.4 is 0 Å². The third-order valence-electron chi connectivity index (χ3n) is 3.18. The van der Waals surface area contributed by atoms with E-state index >= 15 is 0 Å². The van der Waals surface area contributed by atoms with Crippen LogP contribution in [0, 0.1) is 10.1 Å². The molecule has 0 radical (unpaired) electrons. The van der Waals surface area contributed by atoms with Gasteiger partial charge in [-0.05, 0) is 19.4 Å². The zero-order valence-electron chi connectivity index (χ0n) is 12.3. The number of para-hydroxylation sites is 1. The molecule has 0 aromatic heterocycles. The highest BCUT2D eigenvalue weighted by Crippen LogP contribution is 2.27. The Bertz CT molecular complexity index is 513. The zero-order chi connectivity index (χ0) is 16.5. The fraction of sp³-hybridized carbons (Fsp3) is 0.500. The molecule has 0 heterocycles. The summed E-state index contributed by atoms with van der Waals surface area (Å²) in [5, 5.41) is 11.0. The number of ether oxygens (including phenoxy) is 1. The lowest BCUT2D eigenvalue weighted by Gasteiger charge is -2.13. The molecule has 1 unspecified atom stereocenters. The lowest BCUT2D eigenvalue weighted by Crippen LogP contribution is -2.10. The molecule has 0 bridgehead atoms. The first-order chi connectivity index (χ1) is 10.4. The van der Waals surface area contributed by atoms with Crippen LogP contribution in [0.15, 0.2) is 24.3 Å². The zero-order valence-corrected chi connectivity index (χ0v) is 15.3. The second-order valence-corrected chi connectivity index (χ2v) is 9.35. The maximum atomic E-state index is 11.8. The molecule has 0 amide bonds. The molecule has 0 N–H and O–H groups in total. The van der Waals surface area contributed by atoms with Crippen molar-refractivity contribution in [2.75, 3.05) is 0 Å². The number of hydrogen-bond donors (Lipinski definition) is 0. The Morgan fingerprint density at radius 3 is 2.68 bits per heavy atom. The highest BCUT2D eigenvalue weighted by Gasteiger charge is 2.20. The van der Waals surface area contributed by atoms with Gasteiger partial charge in [0.1, 0.15) is 6.10 Å². The minimum Gasteiger partial charge on any atom is -0.458 e. The van der Waals surface area contributed by atoms with E-state index in [0.29, 0.717) is 12.0 Å². The van der Waals surface area contributed by atoms with Gasteiger partial charge >= 0.3 is 5.97 Å². The fourth-order valence-electron chi connectivity index (χ4n) is 2.06. The molecule has 0 aliphatic carbocycles. The van der Waals surface area contributed by atoms with E-state index in [2.05, 4.69) is 0 Å². The summed E-state index contributed by atoms with van der Waals surface area (Å²) in [7, 11) is -0.473. The molecular weight excluding hydrogens is 345 g/mol. The predicted octanol–water partition coefficient (Wildman–Crippen LogP) is 3.72. The van der Waals surface area contributed by atoms with Crippen molar-refractivity contribution in [2.24, 2.45) is 0 Å². The molecule has 5 nitrogen and oxygen atoms in total. The first-order valence-corrected chi connectivity index (χ1v) is 9.81. The van der Waals surface area contributed by atoms with Crippen molar-refractivity contribution in [3.8, 4) is 0 Å². The summed E-state index contributed by atoms with van der Waals surface area (Å²) in [6, 6.07) is 7.26. The molecule has 22 heavy (non-hydrogen) atoms. The lowest BCUT2D eigenvalue weighted by atomic mass is 10.1. The fourth-order valence-corrected chi connectivity index (χ4v) is 3.94. The molecule has 0 spiro atoms. The Balaban J connectivity index is 2.43. The van der Waals surface area contributed by atoms with Crippen LogP contribution in [0.4, 0.5) is 5.69 Å². The van der Waals surface area contributed by atoms with Gasteiger partial charge in [-0.3, -0.25) is 14.9 Å². The Morgan fingerprint density at radius 1 is 1.36 bits per heavy atom. The SMILES string of the molecule is CC(OC(=O)CCCC[SiH2]C(Cl)Cl)c1ccccc1[N+](=O)[O-]. The Labute approximate surface area is 141 Å². The van der Waals surface area contributed by atoms with Crippen LogP contribution in [0.2, 0.25) is 6.04 Å². The monoisotopic (exact) mass is 363 g/mol. The van der Waals surface area contributed by atoms with E-state index in [0.717, 1.165) is 18.9 Å². The van der Waals surface area contributed by atoms with Gasteiger partial charge in [-0.25, -0.2) is 0 Å². The quantitative estimate of drug-likeness (QED) is 0.167. The van der Waals surface area contributed by atoms with Crippen molar-refractivity contribution >= 4 is 44.4 Å². The first kappa shape index (κ1) is 18.9. The highest BCUT2D eigenvalue weighted by atomic mass is 35.5.